The summed E-state index contributed by atoms with van der Waals surface area (Å²) in [5.74, 6) is 0.362. The minimum absolute atomic E-state index is 0.286. The van der Waals surface area contributed by atoms with Gasteiger partial charge in [-0.05, 0) is 50.3 Å². The van der Waals surface area contributed by atoms with Crippen LogP contribution in [-0.2, 0) is 19.4 Å². The van der Waals surface area contributed by atoms with E-state index in [1.54, 1.807) is 25.1 Å². The fourth-order valence-electron chi connectivity index (χ4n) is 3.50. The molecule has 27 heavy (non-hydrogen) atoms. The lowest BCUT2D eigenvalue weighted by atomic mass is 9.93. The zero-order chi connectivity index (χ0) is 19.1. The van der Waals surface area contributed by atoms with Crippen molar-refractivity contribution < 1.29 is 4.79 Å². The van der Waals surface area contributed by atoms with E-state index in [4.69, 9.17) is 0 Å². The van der Waals surface area contributed by atoms with E-state index in [0.29, 0.717) is 34.2 Å². The Labute approximate surface area is 159 Å². The Balaban J connectivity index is 1.64. The number of aromatic amines is 1. The number of nitrogens with one attached hydrogen (secondary N) is 2. The Morgan fingerprint density at radius 1 is 1.41 bits per heavy atom. The maximum Gasteiger partial charge on any atom is 0.316 e. The van der Waals surface area contributed by atoms with Crippen molar-refractivity contribution in [3.63, 3.8) is 0 Å². The van der Waals surface area contributed by atoms with Crippen molar-refractivity contribution >= 4 is 33.4 Å². The lowest BCUT2D eigenvalue weighted by Crippen LogP contribution is -2.36. The summed E-state index contributed by atoms with van der Waals surface area (Å²) in [6.45, 7) is 4.41. The number of carbonyl (C=O) groups is 1. The summed E-state index contributed by atoms with van der Waals surface area (Å²) in [7, 11) is 0. The molecule has 8 heteroatoms. The van der Waals surface area contributed by atoms with E-state index in [-0.39, 0.29) is 5.91 Å². The molecule has 0 spiro atoms. The number of amides is 1. The van der Waals surface area contributed by atoms with Crippen molar-refractivity contribution in [2.45, 2.75) is 39.7 Å². The van der Waals surface area contributed by atoms with E-state index in [2.05, 4.69) is 22.2 Å². The lowest BCUT2D eigenvalue weighted by molar-refractivity contribution is 0.102. The summed E-state index contributed by atoms with van der Waals surface area (Å²) in [6.07, 6.45) is 3.09. The number of thiazole rings is 1. The number of hydrogen-bond acceptors (Lipinski definition) is 5. The predicted molar refractivity (Wildman–Crippen MR) is 106 cm³/mol. The molecule has 0 fully saturated rings. The smallest absolute Gasteiger partial charge is 0.316 e. The highest BCUT2D eigenvalue weighted by molar-refractivity contribution is 7.15. The monoisotopic (exact) mass is 384 g/mol. The number of carbonyl (C=O) groups excluding carboxylic acids is 1. The zero-order valence-electron chi connectivity index (χ0n) is 15.2. The van der Waals surface area contributed by atoms with Gasteiger partial charge in [-0.2, -0.15) is 0 Å². The highest BCUT2D eigenvalue weighted by atomic mass is 32.1. The molecule has 2 aromatic heterocycles. The van der Waals surface area contributed by atoms with E-state index in [9.17, 15) is 14.4 Å². The van der Waals surface area contributed by atoms with Crippen LogP contribution in [0.1, 0.15) is 41.2 Å². The van der Waals surface area contributed by atoms with E-state index < -0.39 is 11.1 Å². The van der Waals surface area contributed by atoms with Gasteiger partial charge in [0.15, 0.2) is 5.13 Å². The Hall–Kier alpha value is -2.74. The normalized spacial score (nSPS) is 16.3. The Morgan fingerprint density at radius 2 is 2.22 bits per heavy atom. The number of aryl methyl sites for hydroxylation is 2. The van der Waals surface area contributed by atoms with Crippen LogP contribution in [0.5, 0.6) is 0 Å². The van der Waals surface area contributed by atoms with Crippen molar-refractivity contribution in [3.8, 4) is 0 Å². The molecule has 1 aromatic carbocycles. The van der Waals surface area contributed by atoms with Gasteiger partial charge in [-0.15, -0.1) is 11.3 Å². The zero-order valence-corrected chi connectivity index (χ0v) is 16.0. The number of anilines is 1. The fraction of sp³-hybridized carbons (Fsp3) is 0.368. The Bertz CT molecular complexity index is 1160. The van der Waals surface area contributed by atoms with Crippen molar-refractivity contribution in [1.29, 1.82) is 0 Å². The van der Waals surface area contributed by atoms with Crippen LogP contribution in [0, 0.1) is 5.92 Å². The molecule has 0 aliphatic heterocycles. The maximum absolute atomic E-state index is 12.6. The minimum atomic E-state index is -0.691. The molecular weight excluding hydrogens is 364 g/mol. The number of aromatic nitrogens is 3. The molecule has 1 aliphatic rings. The average Bonchev–Trinajstić information content (AvgIpc) is 3.03. The minimum Gasteiger partial charge on any atom is -0.316 e. The second-order valence-electron chi connectivity index (χ2n) is 6.93. The first-order chi connectivity index (χ1) is 13.0. The van der Waals surface area contributed by atoms with Gasteiger partial charge in [0, 0.05) is 17.0 Å². The predicted octanol–water partition coefficient (Wildman–Crippen LogP) is 2.54. The third-order valence-electron chi connectivity index (χ3n) is 4.96. The number of hydrogen-bond donors (Lipinski definition) is 2. The van der Waals surface area contributed by atoms with Crippen LogP contribution in [0.2, 0.25) is 0 Å². The van der Waals surface area contributed by atoms with Gasteiger partial charge in [0.25, 0.3) is 5.91 Å². The Morgan fingerprint density at radius 3 is 3.00 bits per heavy atom. The molecule has 4 rings (SSSR count). The van der Waals surface area contributed by atoms with Crippen LogP contribution in [0.4, 0.5) is 5.13 Å². The molecular formula is C19H20N4O3S. The standard InChI is InChI=1S/C19H20N4O3S/c1-3-23-14-7-5-11(9-13(14)20-17(25)18(23)26)16(24)22-19-21-12-6-4-10(2)8-15(12)27-19/h5,7,9-10H,3-4,6,8H2,1-2H3,(H,20,25)(H,21,22,24). The first-order valence-electron chi connectivity index (χ1n) is 9.03. The van der Waals surface area contributed by atoms with Crippen LogP contribution < -0.4 is 16.4 Å². The van der Waals surface area contributed by atoms with E-state index >= 15 is 0 Å². The summed E-state index contributed by atoms with van der Waals surface area (Å²) in [4.78, 5) is 44.7. The van der Waals surface area contributed by atoms with Crippen LogP contribution in [-0.4, -0.2) is 20.4 Å². The molecule has 7 nitrogen and oxygen atoms in total. The third-order valence-corrected chi connectivity index (χ3v) is 6.00. The number of nitrogens with zero attached hydrogens (tertiary/aromatic N) is 2. The maximum atomic E-state index is 12.6. The SMILES string of the molecule is CCn1c(=O)c(=O)[nH]c2cc(C(=O)Nc3nc4c(s3)CC(C)CC4)ccc21. The summed E-state index contributed by atoms with van der Waals surface area (Å²) < 4.78 is 1.39. The lowest BCUT2D eigenvalue weighted by Gasteiger charge is -2.15. The molecule has 0 saturated carbocycles. The molecule has 3 aromatic rings. The second-order valence-corrected chi connectivity index (χ2v) is 8.01. The number of benzene rings is 1. The molecule has 2 heterocycles. The van der Waals surface area contributed by atoms with Crippen molar-refractivity contribution in [3.05, 3.63) is 55.0 Å². The molecule has 0 radical (unpaired) electrons. The fourth-order valence-corrected chi connectivity index (χ4v) is 4.66. The van der Waals surface area contributed by atoms with Gasteiger partial charge < -0.3 is 9.55 Å². The molecule has 2 N–H and O–H groups in total. The molecule has 1 atom stereocenters. The molecule has 140 valence electrons. The average molecular weight is 384 g/mol. The molecule has 1 unspecified atom stereocenters. The summed E-state index contributed by atoms with van der Waals surface area (Å²) in [5, 5.41) is 3.46. The summed E-state index contributed by atoms with van der Waals surface area (Å²) in [6, 6.07) is 4.92. The van der Waals surface area contributed by atoms with Gasteiger partial charge in [-0.25, -0.2) is 4.98 Å². The van der Waals surface area contributed by atoms with E-state index in [0.717, 1.165) is 25.0 Å². The van der Waals surface area contributed by atoms with E-state index in [1.165, 1.54) is 20.8 Å². The first-order valence-corrected chi connectivity index (χ1v) is 9.84. The van der Waals surface area contributed by atoms with Crippen molar-refractivity contribution in [2.75, 3.05) is 5.32 Å². The van der Waals surface area contributed by atoms with Gasteiger partial charge in [-0.3, -0.25) is 19.7 Å². The third kappa shape index (κ3) is 3.21. The van der Waals surface area contributed by atoms with Crippen LogP contribution in [0.3, 0.4) is 0 Å². The van der Waals surface area contributed by atoms with Crippen LogP contribution in [0.25, 0.3) is 11.0 Å². The highest BCUT2D eigenvalue weighted by Crippen LogP contribution is 2.32. The number of rotatable bonds is 3. The Kier molecular flexibility index (Phi) is 4.43. The quantitative estimate of drug-likeness (QED) is 0.678. The van der Waals surface area contributed by atoms with Gasteiger partial charge in [0.05, 0.1) is 16.7 Å². The summed E-state index contributed by atoms with van der Waals surface area (Å²) in [5.41, 5.74) is 1.26. The number of H-pyrrole nitrogens is 1. The number of fused-ring (bicyclic) bond motifs is 2. The largest absolute Gasteiger partial charge is 0.316 e. The van der Waals surface area contributed by atoms with Crippen molar-refractivity contribution in [1.82, 2.24) is 14.5 Å². The van der Waals surface area contributed by atoms with Crippen molar-refractivity contribution in [2.24, 2.45) is 5.92 Å². The van der Waals surface area contributed by atoms with Gasteiger partial charge in [-0.1, -0.05) is 6.92 Å². The highest BCUT2D eigenvalue weighted by Gasteiger charge is 2.21. The second kappa shape index (κ2) is 6.77. The van der Waals surface area contributed by atoms with Gasteiger partial charge >= 0.3 is 11.1 Å². The molecule has 0 saturated heterocycles. The molecule has 0 bridgehead atoms. The van der Waals surface area contributed by atoms with Gasteiger partial charge in [0.2, 0.25) is 0 Å². The molecule has 1 amide bonds. The molecule has 1 aliphatic carbocycles. The topological polar surface area (TPSA) is 96.9 Å². The summed E-state index contributed by atoms with van der Waals surface area (Å²) >= 11 is 1.53. The van der Waals surface area contributed by atoms with Crippen LogP contribution in [0.15, 0.2) is 27.8 Å². The van der Waals surface area contributed by atoms with Gasteiger partial charge in [0.1, 0.15) is 0 Å². The first kappa shape index (κ1) is 17.7. The van der Waals surface area contributed by atoms with E-state index in [1.807, 2.05) is 0 Å². The van der Waals surface area contributed by atoms with Crippen LogP contribution >= 0.6 is 11.3 Å².